The summed E-state index contributed by atoms with van der Waals surface area (Å²) < 4.78 is 5.08. The number of aryl methyl sites for hydroxylation is 1. The Balaban J connectivity index is 1.61. The molecule has 0 bridgehead atoms. The molecule has 1 amide bonds. The van der Waals surface area contributed by atoms with Crippen molar-refractivity contribution in [2.45, 2.75) is 38.6 Å². The number of rotatable bonds is 5. The van der Waals surface area contributed by atoms with Crippen LogP contribution in [-0.4, -0.2) is 28.5 Å². The smallest absolute Gasteiger partial charge is 0.258 e. The van der Waals surface area contributed by atoms with Crippen molar-refractivity contribution in [3.63, 3.8) is 0 Å². The van der Waals surface area contributed by atoms with E-state index in [2.05, 4.69) is 27.5 Å². The van der Waals surface area contributed by atoms with Gasteiger partial charge in [-0.1, -0.05) is 6.92 Å². The molecule has 25 heavy (non-hydrogen) atoms. The number of nitrogens with one attached hydrogen (secondary N) is 3. The molecule has 1 aliphatic rings. The zero-order chi connectivity index (χ0) is 17.2. The van der Waals surface area contributed by atoms with E-state index in [-0.39, 0.29) is 5.91 Å². The summed E-state index contributed by atoms with van der Waals surface area (Å²) in [6.07, 6.45) is 7.12. The molecule has 0 radical (unpaired) electrons. The lowest BCUT2D eigenvalue weighted by atomic mass is 9.91. The van der Waals surface area contributed by atoms with Gasteiger partial charge in [0.1, 0.15) is 0 Å². The van der Waals surface area contributed by atoms with Gasteiger partial charge in [-0.15, -0.1) is 0 Å². The van der Waals surface area contributed by atoms with E-state index in [0.29, 0.717) is 17.5 Å². The highest BCUT2D eigenvalue weighted by atomic mass is 16.4. The average Bonchev–Trinajstić information content (AvgIpc) is 3.26. The van der Waals surface area contributed by atoms with Crippen LogP contribution in [0.4, 0.5) is 5.88 Å². The molecule has 130 valence electrons. The van der Waals surface area contributed by atoms with E-state index >= 15 is 0 Å². The molecule has 1 unspecified atom stereocenters. The Morgan fingerprint density at radius 1 is 1.44 bits per heavy atom. The van der Waals surface area contributed by atoms with E-state index in [0.717, 1.165) is 43.1 Å². The zero-order valence-electron chi connectivity index (χ0n) is 14.3. The quantitative estimate of drug-likeness (QED) is 0.667. The van der Waals surface area contributed by atoms with Crippen LogP contribution in [-0.2, 0) is 12.8 Å². The highest BCUT2D eigenvalue weighted by Crippen LogP contribution is 2.30. The predicted molar refractivity (Wildman–Crippen MR) is 96.9 cm³/mol. The maximum absolute atomic E-state index is 12.4. The second kappa shape index (κ2) is 6.72. The van der Waals surface area contributed by atoms with Crippen molar-refractivity contribution in [3.8, 4) is 0 Å². The van der Waals surface area contributed by atoms with E-state index in [9.17, 15) is 4.79 Å². The fourth-order valence-corrected chi connectivity index (χ4v) is 3.54. The molecule has 3 aromatic rings. The molecule has 0 spiro atoms. The summed E-state index contributed by atoms with van der Waals surface area (Å²) in [5, 5.41) is 7.48. The number of fused-ring (bicyclic) bond motifs is 3. The van der Waals surface area contributed by atoms with E-state index in [1.54, 1.807) is 0 Å². The van der Waals surface area contributed by atoms with Gasteiger partial charge in [-0.25, -0.2) is 4.98 Å². The Kier molecular flexibility index (Phi) is 4.28. The molecule has 4 rings (SSSR count). The number of carbonyl (C=O) groups excluding carboxylic acids is 1. The summed E-state index contributed by atoms with van der Waals surface area (Å²) in [7, 11) is 0. The highest BCUT2D eigenvalue weighted by Gasteiger charge is 2.22. The summed E-state index contributed by atoms with van der Waals surface area (Å²) >= 11 is 0. The maximum atomic E-state index is 12.4. The number of oxazole rings is 1. The number of benzene rings is 1. The molecule has 0 fully saturated rings. The first-order valence-electron chi connectivity index (χ1n) is 8.81. The van der Waals surface area contributed by atoms with Gasteiger partial charge in [-0.2, -0.15) is 0 Å². The lowest BCUT2D eigenvalue weighted by Crippen LogP contribution is -2.34. The maximum Gasteiger partial charge on any atom is 0.258 e. The van der Waals surface area contributed by atoms with Crippen molar-refractivity contribution in [3.05, 3.63) is 47.6 Å². The number of hydrogen-bond acceptors (Lipinski definition) is 4. The summed E-state index contributed by atoms with van der Waals surface area (Å²) in [5.74, 6) is 0.162. The van der Waals surface area contributed by atoms with Crippen molar-refractivity contribution in [2.24, 2.45) is 0 Å². The van der Waals surface area contributed by atoms with Crippen molar-refractivity contribution in [1.82, 2.24) is 15.3 Å². The third kappa shape index (κ3) is 3.17. The Bertz CT molecular complexity index is 882. The molecule has 0 aliphatic heterocycles. The SMILES string of the molecule is CCCNC1CCc2[nH]c3ccc(C(=O)Nc4cnco4)cc3c2C1. The van der Waals surface area contributed by atoms with Gasteiger partial charge in [-0.3, -0.25) is 10.1 Å². The van der Waals surface area contributed by atoms with Crippen molar-refractivity contribution in [1.29, 1.82) is 0 Å². The summed E-state index contributed by atoms with van der Waals surface area (Å²) in [6, 6.07) is 6.30. The fourth-order valence-electron chi connectivity index (χ4n) is 3.54. The molecule has 0 saturated carbocycles. The number of nitrogens with zero attached hydrogens (tertiary/aromatic N) is 1. The first-order chi connectivity index (χ1) is 12.2. The monoisotopic (exact) mass is 338 g/mol. The fraction of sp³-hybridized carbons (Fsp3) is 0.368. The van der Waals surface area contributed by atoms with Crippen LogP contribution in [0.15, 0.2) is 35.2 Å². The minimum atomic E-state index is -0.190. The first kappa shape index (κ1) is 15.9. The number of hydrogen-bond donors (Lipinski definition) is 3. The van der Waals surface area contributed by atoms with E-state index in [1.807, 2.05) is 18.2 Å². The highest BCUT2D eigenvalue weighted by molar-refractivity contribution is 6.06. The molecular weight excluding hydrogens is 316 g/mol. The van der Waals surface area contributed by atoms with Gasteiger partial charge in [0.15, 0.2) is 6.39 Å². The van der Waals surface area contributed by atoms with Crippen LogP contribution in [0.5, 0.6) is 0 Å². The standard InChI is InChI=1S/C19H22N4O2/c1-2-7-21-13-4-6-17-15(9-13)14-8-12(3-5-16(14)22-17)19(24)23-18-10-20-11-25-18/h3,5,8,10-11,13,21-22H,2,4,6-7,9H2,1H3,(H,23,24). The summed E-state index contributed by atoms with van der Waals surface area (Å²) in [6.45, 7) is 3.24. The Hall–Kier alpha value is -2.60. The van der Waals surface area contributed by atoms with Crippen LogP contribution < -0.4 is 10.6 Å². The number of aromatic amines is 1. The van der Waals surface area contributed by atoms with Gasteiger partial charge in [-0.05, 0) is 56.0 Å². The van der Waals surface area contributed by atoms with Crippen molar-refractivity contribution in [2.75, 3.05) is 11.9 Å². The van der Waals surface area contributed by atoms with E-state index in [1.165, 1.54) is 23.8 Å². The number of amides is 1. The molecule has 2 heterocycles. The van der Waals surface area contributed by atoms with Crippen molar-refractivity contribution < 1.29 is 9.21 Å². The molecule has 2 aromatic heterocycles. The number of H-pyrrole nitrogens is 1. The van der Waals surface area contributed by atoms with Crippen LogP contribution in [0, 0.1) is 0 Å². The average molecular weight is 338 g/mol. The predicted octanol–water partition coefficient (Wildman–Crippen LogP) is 3.27. The molecule has 3 N–H and O–H groups in total. The van der Waals surface area contributed by atoms with Crippen molar-refractivity contribution >= 4 is 22.7 Å². The molecule has 1 aromatic carbocycles. The number of aromatic nitrogens is 2. The Morgan fingerprint density at radius 3 is 3.16 bits per heavy atom. The minimum Gasteiger partial charge on any atom is -0.428 e. The topological polar surface area (TPSA) is 83.0 Å². The van der Waals surface area contributed by atoms with E-state index < -0.39 is 0 Å². The Labute approximate surface area is 146 Å². The molecule has 1 atom stereocenters. The third-order valence-corrected chi connectivity index (χ3v) is 4.80. The van der Waals surface area contributed by atoms with E-state index in [4.69, 9.17) is 4.42 Å². The second-order valence-corrected chi connectivity index (χ2v) is 6.56. The molecule has 1 aliphatic carbocycles. The molecular formula is C19H22N4O2. The van der Waals surface area contributed by atoms with Crippen LogP contribution in [0.25, 0.3) is 10.9 Å². The van der Waals surface area contributed by atoms with Gasteiger partial charge in [0.25, 0.3) is 5.91 Å². The lowest BCUT2D eigenvalue weighted by Gasteiger charge is -2.23. The molecule has 0 saturated heterocycles. The summed E-state index contributed by atoms with van der Waals surface area (Å²) in [4.78, 5) is 19.8. The van der Waals surface area contributed by atoms with Gasteiger partial charge in [0, 0.05) is 28.2 Å². The number of carbonyl (C=O) groups is 1. The van der Waals surface area contributed by atoms with Crippen LogP contribution in [0.3, 0.4) is 0 Å². The lowest BCUT2D eigenvalue weighted by molar-refractivity contribution is 0.102. The van der Waals surface area contributed by atoms with Gasteiger partial charge in [0.05, 0.1) is 6.20 Å². The molecule has 6 heteroatoms. The third-order valence-electron chi connectivity index (χ3n) is 4.80. The van der Waals surface area contributed by atoms with Gasteiger partial charge in [0.2, 0.25) is 5.88 Å². The zero-order valence-corrected chi connectivity index (χ0v) is 14.3. The van der Waals surface area contributed by atoms with Gasteiger partial charge < -0.3 is 14.7 Å². The molecule has 6 nitrogen and oxygen atoms in total. The largest absolute Gasteiger partial charge is 0.428 e. The summed E-state index contributed by atoms with van der Waals surface area (Å²) in [5.41, 5.74) is 4.35. The number of anilines is 1. The second-order valence-electron chi connectivity index (χ2n) is 6.56. The van der Waals surface area contributed by atoms with Crippen LogP contribution >= 0.6 is 0 Å². The van der Waals surface area contributed by atoms with Crippen LogP contribution in [0.1, 0.15) is 41.4 Å². The minimum absolute atomic E-state index is 0.190. The normalized spacial score (nSPS) is 16.8. The first-order valence-corrected chi connectivity index (χ1v) is 8.81. The van der Waals surface area contributed by atoms with Crippen LogP contribution in [0.2, 0.25) is 0 Å². The Morgan fingerprint density at radius 2 is 2.36 bits per heavy atom. The van der Waals surface area contributed by atoms with Gasteiger partial charge >= 0.3 is 0 Å².